The van der Waals surface area contributed by atoms with Gasteiger partial charge in [-0.1, -0.05) is 32.9 Å². The fourth-order valence-corrected chi connectivity index (χ4v) is 2.52. The second-order valence-electron chi connectivity index (χ2n) is 7.15. The van der Waals surface area contributed by atoms with Gasteiger partial charge >= 0.3 is 0 Å². The highest BCUT2D eigenvalue weighted by atomic mass is 16.3. The summed E-state index contributed by atoms with van der Waals surface area (Å²) in [6, 6.07) is 8.12. The summed E-state index contributed by atoms with van der Waals surface area (Å²) in [5, 5.41) is 20.2. The van der Waals surface area contributed by atoms with E-state index in [4.69, 9.17) is 0 Å². The maximum absolute atomic E-state index is 13.0. The van der Waals surface area contributed by atoms with Crippen molar-refractivity contribution in [3.05, 3.63) is 41.0 Å². The third-order valence-corrected chi connectivity index (χ3v) is 3.99. The molecule has 1 N–H and O–H groups in total. The first-order valence-corrected chi connectivity index (χ1v) is 8.13. The maximum atomic E-state index is 13.0. The van der Waals surface area contributed by atoms with Crippen molar-refractivity contribution >= 4 is 23.4 Å². The number of nitrogens with zero attached hydrogens (tertiary/aromatic N) is 3. The molecule has 0 bridgehead atoms. The molecular weight excluding hydrogens is 334 g/mol. The van der Waals surface area contributed by atoms with Crippen LogP contribution in [0, 0.1) is 16.7 Å². The van der Waals surface area contributed by atoms with Crippen LogP contribution in [-0.2, 0) is 21.0 Å². The Morgan fingerprint density at radius 3 is 2.31 bits per heavy atom. The van der Waals surface area contributed by atoms with E-state index in [-0.39, 0.29) is 18.6 Å². The quantitative estimate of drug-likeness (QED) is 0.836. The standard InChI is InChI=1S/C19H21N3O4/c1-12-9-16(24)22(17(25)15(12)10-20)21(18(26)19(2,3)4)14-7-5-13(11-23)6-8-14/h5-8,23H,9,11H2,1-4H3. The fraction of sp³-hybridized carbons (Fsp3) is 0.368. The first-order valence-electron chi connectivity index (χ1n) is 8.13. The molecule has 0 radical (unpaired) electrons. The highest BCUT2D eigenvalue weighted by molar-refractivity contribution is 6.15. The molecule has 0 saturated heterocycles. The Balaban J connectivity index is 2.60. The van der Waals surface area contributed by atoms with Crippen molar-refractivity contribution in [1.82, 2.24) is 5.01 Å². The van der Waals surface area contributed by atoms with Crippen LogP contribution in [-0.4, -0.2) is 27.8 Å². The van der Waals surface area contributed by atoms with E-state index in [1.54, 1.807) is 52.0 Å². The van der Waals surface area contributed by atoms with E-state index in [9.17, 15) is 24.8 Å². The molecule has 1 aromatic carbocycles. The number of imide groups is 1. The number of hydrazine groups is 1. The Hall–Kier alpha value is -2.98. The van der Waals surface area contributed by atoms with E-state index >= 15 is 0 Å². The van der Waals surface area contributed by atoms with Crippen LogP contribution in [0.2, 0.25) is 0 Å². The molecule has 3 amide bonds. The second kappa shape index (κ2) is 7.10. The lowest BCUT2D eigenvalue weighted by molar-refractivity contribution is -0.149. The molecule has 1 heterocycles. The van der Waals surface area contributed by atoms with Gasteiger partial charge in [0, 0.05) is 5.41 Å². The van der Waals surface area contributed by atoms with E-state index in [0.717, 1.165) is 10.0 Å². The van der Waals surface area contributed by atoms with Gasteiger partial charge < -0.3 is 5.11 Å². The largest absolute Gasteiger partial charge is 0.392 e. The molecule has 0 aromatic heterocycles. The van der Waals surface area contributed by atoms with Crippen LogP contribution in [0.15, 0.2) is 35.4 Å². The molecule has 1 aliphatic heterocycles. The summed E-state index contributed by atoms with van der Waals surface area (Å²) in [4.78, 5) is 38.3. The molecule has 7 nitrogen and oxygen atoms in total. The lowest BCUT2D eigenvalue weighted by Crippen LogP contribution is -2.57. The third-order valence-electron chi connectivity index (χ3n) is 3.99. The Kier molecular flexibility index (Phi) is 5.28. The number of rotatable bonds is 3. The highest BCUT2D eigenvalue weighted by Gasteiger charge is 2.41. The molecule has 0 spiro atoms. The van der Waals surface area contributed by atoms with Crippen LogP contribution in [0.5, 0.6) is 0 Å². The monoisotopic (exact) mass is 355 g/mol. The van der Waals surface area contributed by atoms with E-state index in [2.05, 4.69) is 0 Å². The van der Waals surface area contributed by atoms with Gasteiger partial charge in [0.15, 0.2) is 0 Å². The van der Waals surface area contributed by atoms with Crippen molar-refractivity contribution in [2.24, 2.45) is 5.41 Å². The normalized spacial score (nSPS) is 15.2. The Morgan fingerprint density at radius 2 is 1.85 bits per heavy atom. The molecule has 136 valence electrons. The molecule has 26 heavy (non-hydrogen) atoms. The van der Waals surface area contributed by atoms with Gasteiger partial charge in [-0.25, -0.2) is 5.01 Å². The number of amides is 3. The van der Waals surface area contributed by atoms with Gasteiger partial charge in [-0.05, 0) is 30.2 Å². The van der Waals surface area contributed by atoms with Gasteiger partial charge in [-0.15, -0.1) is 0 Å². The van der Waals surface area contributed by atoms with Crippen molar-refractivity contribution in [3.8, 4) is 6.07 Å². The van der Waals surface area contributed by atoms with Gasteiger partial charge in [0.1, 0.15) is 11.6 Å². The Morgan fingerprint density at radius 1 is 1.27 bits per heavy atom. The minimum atomic E-state index is -0.876. The molecule has 2 rings (SSSR count). The predicted molar refractivity (Wildman–Crippen MR) is 94.1 cm³/mol. The topological polar surface area (TPSA) is 102 Å². The number of hydrogen-bond acceptors (Lipinski definition) is 5. The summed E-state index contributed by atoms with van der Waals surface area (Å²) in [6.45, 7) is 6.41. The third kappa shape index (κ3) is 3.51. The minimum Gasteiger partial charge on any atom is -0.392 e. The van der Waals surface area contributed by atoms with Crippen molar-refractivity contribution in [1.29, 1.82) is 5.26 Å². The summed E-state index contributed by atoms with van der Waals surface area (Å²) >= 11 is 0. The summed E-state index contributed by atoms with van der Waals surface area (Å²) in [5.74, 6) is -1.85. The minimum absolute atomic E-state index is 0.114. The summed E-state index contributed by atoms with van der Waals surface area (Å²) in [6.07, 6.45) is -0.114. The van der Waals surface area contributed by atoms with Gasteiger partial charge in [-0.3, -0.25) is 14.4 Å². The van der Waals surface area contributed by atoms with Crippen LogP contribution < -0.4 is 5.01 Å². The van der Waals surface area contributed by atoms with E-state index < -0.39 is 23.1 Å². The number of anilines is 1. The number of hydrogen-bond donors (Lipinski definition) is 1. The number of aliphatic hydroxyl groups is 1. The molecule has 7 heteroatoms. The van der Waals surface area contributed by atoms with Crippen molar-refractivity contribution in [2.75, 3.05) is 5.01 Å². The maximum Gasteiger partial charge on any atom is 0.290 e. The molecular formula is C19H21N3O4. The molecule has 1 aromatic rings. The zero-order chi connectivity index (χ0) is 19.6. The summed E-state index contributed by atoms with van der Waals surface area (Å²) in [5.41, 5.74) is 0.308. The number of carbonyl (C=O) groups is 3. The lowest BCUT2D eigenvalue weighted by atomic mass is 9.94. The summed E-state index contributed by atoms with van der Waals surface area (Å²) in [7, 11) is 0. The van der Waals surface area contributed by atoms with Crippen LogP contribution in [0.3, 0.4) is 0 Å². The first-order chi connectivity index (χ1) is 12.1. The number of benzene rings is 1. The average molecular weight is 355 g/mol. The number of aliphatic hydroxyl groups excluding tert-OH is 1. The van der Waals surface area contributed by atoms with Crippen LogP contribution in [0.25, 0.3) is 0 Å². The number of nitriles is 1. The Bertz CT molecular complexity index is 826. The van der Waals surface area contributed by atoms with Crippen LogP contribution >= 0.6 is 0 Å². The van der Waals surface area contributed by atoms with Gasteiger partial charge in [-0.2, -0.15) is 10.3 Å². The number of carbonyl (C=O) groups excluding carboxylic acids is 3. The van der Waals surface area contributed by atoms with Gasteiger partial charge in [0.05, 0.1) is 18.7 Å². The zero-order valence-electron chi connectivity index (χ0n) is 15.2. The first kappa shape index (κ1) is 19.3. The smallest absolute Gasteiger partial charge is 0.290 e. The fourth-order valence-electron chi connectivity index (χ4n) is 2.52. The van der Waals surface area contributed by atoms with E-state index in [1.165, 1.54) is 0 Å². The highest BCUT2D eigenvalue weighted by Crippen LogP contribution is 2.30. The second-order valence-corrected chi connectivity index (χ2v) is 7.15. The summed E-state index contributed by atoms with van der Waals surface area (Å²) < 4.78 is 0. The van der Waals surface area contributed by atoms with Crippen LogP contribution in [0.4, 0.5) is 5.69 Å². The molecule has 0 aliphatic carbocycles. The van der Waals surface area contributed by atoms with Crippen molar-refractivity contribution in [3.63, 3.8) is 0 Å². The van der Waals surface area contributed by atoms with E-state index in [0.29, 0.717) is 16.8 Å². The van der Waals surface area contributed by atoms with Crippen molar-refractivity contribution < 1.29 is 19.5 Å². The Labute approximate surface area is 152 Å². The molecule has 0 saturated carbocycles. The molecule has 1 aliphatic rings. The van der Waals surface area contributed by atoms with Gasteiger partial charge in [0.2, 0.25) is 0 Å². The van der Waals surface area contributed by atoms with Gasteiger partial charge in [0.25, 0.3) is 17.7 Å². The SMILES string of the molecule is CC1=C(C#N)C(=O)N(N(C(=O)C(C)(C)C)c2ccc(CO)cc2)C(=O)C1. The average Bonchev–Trinajstić information content (AvgIpc) is 2.57. The zero-order valence-corrected chi connectivity index (χ0v) is 15.2. The lowest BCUT2D eigenvalue weighted by Gasteiger charge is -2.38. The molecule has 0 fully saturated rings. The van der Waals surface area contributed by atoms with Crippen LogP contribution in [0.1, 0.15) is 39.7 Å². The molecule has 0 atom stereocenters. The van der Waals surface area contributed by atoms with E-state index in [1.807, 2.05) is 6.07 Å². The van der Waals surface area contributed by atoms with Crippen molar-refractivity contribution in [2.45, 2.75) is 40.7 Å². The molecule has 0 unspecified atom stereocenters. The predicted octanol–water partition coefficient (Wildman–Crippen LogP) is 2.07.